The molecule has 0 unspecified atom stereocenters. The number of nitrogens with zero attached hydrogens (tertiary/aromatic N) is 4. The molecule has 36 heavy (non-hydrogen) atoms. The van der Waals surface area contributed by atoms with E-state index in [0.717, 1.165) is 24.5 Å². The molecule has 0 aliphatic carbocycles. The fraction of sp³-hybridized carbons (Fsp3) is 0.100. The quantitative estimate of drug-likeness (QED) is 0.251. The number of ether oxygens (including phenoxy) is 1. The van der Waals surface area contributed by atoms with E-state index in [4.69, 9.17) is 33.0 Å². The number of carbonyl (C=O) groups excluding carboxylic acids is 1. The van der Waals surface area contributed by atoms with Gasteiger partial charge in [-0.2, -0.15) is 0 Å². The van der Waals surface area contributed by atoms with E-state index in [2.05, 4.69) is 19.9 Å². The van der Waals surface area contributed by atoms with Gasteiger partial charge in [-0.25, -0.2) is 18.4 Å². The minimum atomic E-state index is -1.42. The van der Waals surface area contributed by atoms with Crippen LogP contribution in [0.15, 0.2) is 34.1 Å². The van der Waals surface area contributed by atoms with Gasteiger partial charge in [0.2, 0.25) is 0 Å². The van der Waals surface area contributed by atoms with Gasteiger partial charge in [-0.05, 0) is 30.4 Å². The van der Waals surface area contributed by atoms with E-state index in [9.17, 15) is 28.0 Å². The van der Waals surface area contributed by atoms with Crippen LogP contribution in [0.1, 0.15) is 27.6 Å². The summed E-state index contributed by atoms with van der Waals surface area (Å²) in [6, 6.07) is 1.73. The number of halogens is 4. The molecule has 4 rings (SSSR count). The number of aromatic carboxylic acids is 1. The molecule has 1 N–H and O–H groups in total. The zero-order valence-corrected chi connectivity index (χ0v) is 25.1. The van der Waals surface area contributed by atoms with Crippen LogP contribution in [0, 0.1) is 11.6 Å². The summed E-state index contributed by atoms with van der Waals surface area (Å²) in [4.78, 5) is 60.1. The van der Waals surface area contributed by atoms with Crippen LogP contribution < -0.4 is 20.8 Å². The van der Waals surface area contributed by atoms with E-state index in [-0.39, 0.29) is 105 Å². The fourth-order valence-electron chi connectivity index (χ4n) is 2.61. The summed E-state index contributed by atoms with van der Waals surface area (Å²) < 4.78 is 31.0. The van der Waals surface area contributed by atoms with Crippen LogP contribution in [0.25, 0.3) is 22.1 Å². The molecule has 4 heterocycles. The van der Waals surface area contributed by atoms with E-state index in [1.807, 2.05) is 0 Å². The van der Waals surface area contributed by atoms with Crippen molar-refractivity contribution in [3.8, 4) is 0 Å². The molecule has 4 aromatic heterocycles. The average molecular weight is 689 g/mol. The summed E-state index contributed by atoms with van der Waals surface area (Å²) in [5, 5.41) is 7.56. The molecule has 0 aromatic carbocycles. The zero-order chi connectivity index (χ0) is 25.2. The molecule has 2 radical (unpaired) electrons. The predicted molar refractivity (Wildman–Crippen MR) is 116 cm³/mol. The van der Waals surface area contributed by atoms with E-state index >= 15 is 0 Å². The molecular formula is C20H10Cl2F2N4O6Y2-2. The molecule has 0 spiro atoms. The van der Waals surface area contributed by atoms with Crippen molar-refractivity contribution in [2.45, 2.75) is 6.92 Å². The first kappa shape index (κ1) is 32.3. The third-order valence-corrected chi connectivity index (χ3v) is 4.69. The number of carboxylic acid groups (broad SMARTS) is 1. The predicted octanol–water partition coefficient (Wildman–Crippen LogP) is 2.56. The van der Waals surface area contributed by atoms with Gasteiger partial charge in [-0.3, -0.25) is 9.59 Å². The van der Waals surface area contributed by atoms with Gasteiger partial charge in [0.05, 0.1) is 16.9 Å². The van der Waals surface area contributed by atoms with Crippen molar-refractivity contribution in [2.24, 2.45) is 0 Å². The van der Waals surface area contributed by atoms with Crippen molar-refractivity contribution in [3.63, 3.8) is 0 Å². The second kappa shape index (κ2) is 13.7. The Hall–Kier alpha value is -1.69. The van der Waals surface area contributed by atoms with Crippen LogP contribution in [-0.2, 0) is 70.2 Å². The Balaban J connectivity index is 0.000000343. The summed E-state index contributed by atoms with van der Waals surface area (Å²) in [5.41, 5.74) is -2.40. The molecule has 182 valence electrons. The van der Waals surface area contributed by atoms with Crippen molar-refractivity contribution in [2.75, 3.05) is 6.61 Å². The van der Waals surface area contributed by atoms with Crippen LogP contribution in [0.2, 0.25) is 10.3 Å². The van der Waals surface area contributed by atoms with Crippen LogP contribution in [0.4, 0.5) is 8.78 Å². The standard InChI is InChI=1S/C11H8ClFN2O3.C9H4ClFN2O3.2Y/c1-2-18-11(17)6-4-14-10-5(8(6)16)3-7(13)9(12)15-10;10-7-5(11)1-3-6(14)4(9(15)16)2-12-8(3)13-7;;/h3-4H,2H2,1H3,(H,14,15,16,17);1-2H,(H2,12,13,14,15,16);;/p-2. The first-order chi connectivity index (χ1) is 16.0. The molecule has 0 saturated heterocycles. The SMILES string of the molecule is CCOC(=O)c1c[n-]c2nc(Cl)c(F)cc2c1=O.O=C(O)c1c[n-]c2nc(Cl)c(F)cc2c1=O.[Y].[Y]. The molecular weight excluding hydrogens is 679 g/mol. The molecule has 0 bridgehead atoms. The maximum atomic E-state index is 13.2. The molecule has 10 nitrogen and oxygen atoms in total. The van der Waals surface area contributed by atoms with Crippen LogP contribution in [-0.4, -0.2) is 33.6 Å². The van der Waals surface area contributed by atoms with Crippen LogP contribution in [0.5, 0.6) is 0 Å². The molecule has 0 aliphatic rings. The summed E-state index contributed by atoms with van der Waals surface area (Å²) >= 11 is 10.9. The number of aromatic nitrogens is 4. The third kappa shape index (κ3) is 6.99. The van der Waals surface area contributed by atoms with E-state index in [1.165, 1.54) is 0 Å². The Morgan fingerprint density at radius 3 is 1.75 bits per heavy atom. The second-order valence-corrected chi connectivity index (χ2v) is 7.01. The minimum Gasteiger partial charge on any atom is -0.478 e. The van der Waals surface area contributed by atoms with Gasteiger partial charge in [-0.15, -0.1) is 0 Å². The number of hydrogen-bond acceptors (Lipinski definition) is 7. The van der Waals surface area contributed by atoms with Crippen molar-refractivity contribution < 1.29 is 93.6 Å². The molecule has 0 amide bonds. The van der Waals surface area contributed by atoms with Gasteiger partial charge in [0.1, 0.15) is 22.8 Å². The van der Waals surface area contributed by atoms with Gasteiger partial charge in [0.15, 0.2) is 10.9 Å². The topological polar surface area (TPSA) is 152 Å². The van der Waals surface area contributed by atoms with Crippen molar-refractivity contribution >= 4 is 57.2 Å². The Morgan fingerprint density at radius 2 is 1.33 bits per heavy atom. The number of carbonyl (C=O) groups is 2. The maximum absolute atomic E-state index is 13.2. The number of rotatable bonds is 3. The summed E-state index contributed by atoms with van der Waals surface area (Å²) in [5.74, 6) is -3.96. The second-order valence-electron chi connectivity index (χ2n) is 6.29. The summed E-state index contributed by atoms with van der Waals surface area (Å²) in [6.07, 6.45) is 1.91. The molecule has 4 aromatic rings. The monoisotopic (exact) mass is 688 g/mol. The summed E-state index contributed by atoms with van der Waals surface area (Å²) in [6.45, 7) is 1.74. The zero-order valence-electron chi connectivity index (χ0n) is 18.0. The number of esters is 1. The van der Waals surface area contributed by atoms with Crippen LogP contribution >= 0.6 is 23.2 Å². The summed E-state index contributed by atoms with van der Waals surface area (Å²) in [7, 11) is 0. The van der Waals surface area contributed by atoms with E-state index in [1.54, 1.807) is 6.92 Å². The largest absolute Gasteiger partial charge is 0.478 e. The van der Waals surface area contributed by atoms with Crippen molar-refractivity contribution in [1.29, 1.82) is 0 Å². The molecule has 0 fully saturated rings. The van der Waals surface area contributed by atoms with Gasteiger partial charge in [0.25, 0.3) is 0 Å². The minimum absolute atomic E-state index is 0. The Morgan fingerprint density at radius 1 is 0.917 bits per heavy atom. The van der Waals surface area contributed by atoms with Gasteiger partial charge in [-0.1, -0.05) is 35.6 Å². The Kier molecular flexibility index (Phi) is 12.3. The molecule has 0 atom stereocenters. The normalized spacial score (nSPS) is 10.0. The van der Waals surface area contributed by atoms with Crippen molar-refractivity contribution in [1.82, 2.24) is 19.9 Å². The first-order valence-electron chi connectivity index (χ1n) is 9.09. The van der Waals surface area contributed by atoms with Crippen LogP contribution in [0.3, 0.4) is 0 Å². The van der Waals surface area contributed by atoms with Gasteiger partial charge < -0.3 is 29.8 Å². The van der Waals surface area contributed by atoms with E-state index < -0.39 is 45.1 Å². The van der Waals surface area contributed by atoms with Crippen molar-refractivity contribution in [3.05, 3.63) is 78.0 Å². The average Bonchev–Trinajstić information content (AvgIpc) is 2.77. The maximum Gasteiger partial charge on any atom is 0.341 e. The first-order valence-corrected chi connectivity index (χ1v) is 9.84. The van der Waals surface area contributed by atoms with E-state index in [0.29, 0.717) is 0 Å². The fourth-order valence-corrected chi connectivity index (χ4v) is 2.88. The van der Waals surface area contributed by atoms with Gasteiger partial charge >= 0.3 is 11.9 Å². The smallest absolute Gasteiger partial charge is 0.341 e. The van der Waals surface area contributed by atoms with Gasteiger partial charge in [0, 0.05) is 76.2 Å². The molecule has 16 heteroatoms. The molecule has 0 aliphatic heterocycles. The number of hydrogen-bond donors (Lipinski definition) is 1. The number of pyridine rings is 4. The number of fused-ring (bicyclic) bond motifs is 2. The third-order valence-electron chi connectivity index (χ3n) is 4.16. The Labute approximate surface area is 259 Å². The Bertz CT molecular complexity index is 1580. The molecule has 0 saturated carbocycles. The number of carboxylic acids is 1.